The van der Waals surface area contributed by atoms with Crippen LogP contribution in [0.3, 0.4) is 0 Å². The summed E-state index contributed by atoms with van der Waals surface area (Å²) in [5.74, 6) is 1.60. The molecule has 2 heterocycles. The van der Waals surface area contributed by atoms with Crippen molar-refractivity contribution in [3.63, 3.8) is 0 Å². The summed E-state index contributed by atoms with van der Waals surface area (Å²) in [6.07, 6.45) is 3.84. The van der Waals surface area contributed by atoms with Crippen molar-refractivity contribution in [1.29, 1.82) is 0 Å². The Hall–Kier alpha value is -2.64. The molecule has 26 heavy (non-hydrogen) atoms. The Kier molecular flexibility index (Phi) is 4.73. The van der Waals surface area contributed by atoms with Gasteiger partial charge < -0.3 is 19.4 Å². The number of hydrogen-bond donors (Lipinski definition) is 2. The molecule has 0 aliphatic carbocycles. The second-order valence-electron chi connectivity index (χ2n) is 5.98. The number of benzene rings is 2. The number of imidazole rings is 1. The third-order valence-corrected chi connectivity index (χ3v) is 4.81. The second kappa shape index (κ2) is 7.31. The number of hydrogen-bond acceptors (Lipinski definition) is 6. The molecule has 0 bridgehead atoms. The lowest BCUT2D eigenvalue weighted by atomic mass is 10.1. The van der Waals surface area contributed by atoms with Crippen molar-refractivity contribution in [3.05, 3.63) is 54.5 Å². The Morgan fingerprint density at radius 3 is 2.85 bits per heavy atom. The molecule has 2 N–H and O–H groups in total. The maximum Gasteiger partial charge on any atom is 0.231 e. The molecule has 0 saturated heterocycles. The van der Waals surface area contributed by atoms with Gasteiger partial charge >= 0.3 is 0 Å². The molecule has 6 nitrogen and oxygen atoms in total. The number of aromatic nitrogens is 2. The molecule has 0 radical (unpaired) electrons. The lowest BCUT2D eigenvalue weighted by Crippen LogP contribution is -2.02. The molecule has 0 spiro atoms. The van der Waals surface area contributed by atoms with Crippen molar-refractivity contribution in [2.24, 2.45) is 7.05 Å². The van der Waals surface area contributed by atoms with Gasteiger partial charge in [-0.25, -0.2) is 4.98 Å². The van der Waals surface area contributed by atoms with Gasteiger partial charge in [-0.3, -0.25) is 4.72 Å². The van der Waals surface area contributed by atoms with Crippen LogP contribution in [-0.2, 0) is 13.6 Å². The van der Waals surface area contributed by atoms with Crippen LogP contribution < -0.4 is 19.5 Å². The first-order valence-corrected chi connectivity index (χ1v) is 9.13. The summed E-state index contributed by atoms with van der Waals surface area (Å²) in [4.78, 5) is 5.65. The zero-order valence-electron chi connectivity index (χ0n) is 14.7. The molecule has 2 aromatic carbocycles. The van der Waals surface area contributed by atoms with E-state index in [4.69, 9.17) is 9.47 Å². The van der Waals surface area contributed by atoms with E-state index >= 15 is 0 Å². The standard InChI is InChI=1S/C19H20N4O2S/c1-20-26-14-4-5-16(15(8-14)17-10-23(2)11-22-17)21-9-13-3-6-18-19(7-13)25-12-24-18/h3-8,10-11,20-21H,9,12H2,1-2H3. The van der Waals surface area contributed by atoms with Crippen LogP contribution in [0.2, 0.25) is 0 Å². The maximum atomic E-state index is 5.46. The predicted molar refractivity (Wildman–Crippen MR) is 103 cm³/mol. The minimum absolute atomic E-state index is 0.292. The Morgan fingerprint density at radius 2 is 2.04 bits per heavy atom. The summed E-state index contributed by atoms with van der Waals surface area (Å²) in [6, 6.07) is 12.3. The van der Waals surface area contributed by atoms with Crippen molar-refractivity contribution in [2.45, 2.75) is 11.4 Å². The first-order chi connectivity index (χ1) is 12.7. The predicted octanol–water partition coefficient (Wildman–Crippen LogP) is 3.65. The molecule has 0 amide bonds. The van der Waals surface area contributed by atoms with Crippen LogP contribution in [0.1, 0.15) is 5.56 Å². The van der Waals surface area contributed by atoms with Crippen LogP contribution in [0, 0.1) is 0 Å². The Labute approximate surface area is 156 Å². The number of aryl methyl sites for hydroxylation is 1. The van der Waals surface area contributed by atoms with E-state index in [0.717, 1.165) is 38.9 Å². The molecule has 7 heteroatoms. The van der Waals surface area contributed by atoms with Crippen LogP contribution in [0.4, 0.5) is 5.69 Å². The first-order valence-electron chi connectivity index (χ1n) is 8.31. The highest BCUT2D eigenvalue weighted by Crippen LogP contribution is 2.34. The van der Waals surface area contributed by atoms with Crippen LogP contribution in [0.25, 0.3) is 11.3 Å². The van der Waals surface area contributed by atoms with E-state index in [1.807, 2.05) is 49.4 Å². The summed E-state index contributed by atoms with van der Waals surface area (Å²) in [5, 5.41) is 3.52. The maximum absolute atomic E-state index is 5.46. The minimum atomic E-state index is 0.292. The molecule has 0 fully saturated rings. The number of anilines is 1. The van der Waals surface area contributed by atoms with Gasteiger partial charge in [-0.2, -0.15) is 0 Å². The van der Waals surface area contributed by atoms with Crippen molar-refractivity contribution >= 4 is 17.6 Å². The smallest absolute Gasteiger partial charge is 0.231 e. The van der Waals surface area contributed by atoms with Crippen molar-refractivity contribution in [2.75, 3.05) is 19.2 Å². The molecule has 1 aromatic heterocycles. The monoisotopic (exact) mass is 368 g/mol. The molecular weight excluding hydrogens is 348 g/mol. The van der Waals surface area contributed by atoms with Gasteiger partial charge in [0.25, 0.3) is 0 Å². The average molecular weight is 368 g/mol. The quantitative estimate of drug-likeness (QED) is 0.648. The number of nitrogens with zero attached hydrogens (tertiary/aromatic N) is 2. The zero-order chi connectivity index (χ0) is 17.9. The summed E-state index contributed by atoms with van der Waals surface area (Å²) in [6.45, 7) is 0.982. The third-order valence-electron chi connectivity index (χ3n) is 4.11. The summed E-state index contributed by atoms with van der Waals surface area (Å²) >= 11 is 1.58. The van der Waals surface area contributed by atoms with Crippen molar-refractivity contribution < 1.29 is 9.47 Å². The molecule has 3 aromatic rings. The van der Waals surface area contributed by atoms with Crippen molar-refractivity contribution in [3.8, 4) is 22.8 Å². The number of fused-ring (bicyclic) bond motifs is 1. The third kappa shape index (κ3) is 3.49. The molecule has 1 aliphatic heterocycles. The topological polar surface area (TPSA) is 60.3 Å². The second-order valence-corrected chi connectivity index (χ2v) is 7.06. The van der Waals surface area contributed by atoms with Gasteiger partial charge in [0.1, 0.15) is 0 Å². The zero-order valence-corrected chi connectivity index (χ0v) is 15.5. The summed E-state index contributed by atoms with van der Waals surface area (Å²) in [5.41, 5.74) is 4.20. The van der Waals surface area contributed by atoms with Gasteiger partial charge in [-0.15, -0.1) is 0 Å². The number of rotatable bonds is 6. The van der Waals surface area contributed by atoms with E-state index in [1.54, 1.807) is 11.9 Å². The van der Waals surface area contributed by atoms with E-state index in [2.05, 4.69) is 33.2 Å². The molecule has 0 saturated carbocycles. The number of nitrogens with one attached hydrogen (secondary N) is 2. The van der Waals surface area contributed by atoms with Gasteiger partial charge in [0, 0.05) is 35.9 Å². The highest BCUT2D eigenvalue weighted by atomic mass is 32.2. The van der Waals surface area contributed by atoms with Crippen LogP contribution in [-0.4, -0.2) is 23.4 Å². The molecule has 1 aliphatic rings. The van der Waals surface area contributed by atoms with E-state index in [9.17, 15) is 0 Å². The minimum Gasteiger partial charge on any atom is -0.454 e. The fraction of sp³-hybridized carbons (Fsp3) is 0.211. The van der Waals surface area contributed by atoms with E-state index in [-0.39, 0.29) is 0 Å². The Morgan fingerprint density at radius 1 is 1.15 bits per heavy atom. The lowest BCUT2D eigenvalue weighted by Gasteiger charge is -2.13. The molecule has 4 rings (SSSR count). The Bertz CT molecular complexity index is 926. The van der Waals surface area contributed by atoms with Gasteiger partial charge in [0.15, 0.2) is 11.5 Å². The van der Waals surface area contributed by atoms with Crippen LogP contribution in [0.15, 0.2) is 53.8 Å². The molecular formula is C19H20N4O2S. The first kappa shape index (κ1) is 16.8. The van der Waals surface area contributed by atoms with E-state index in [1.165, 1.54) is 0 Å². The van der Waals surface area contributed by atoms with Crippen molar-refractivity contribution in [1.82, 2.24) is 14.3 Å². The molecule has 0 atom stereocenters. The SMILES string of the molecule is CNSc1ccc(NCc2ccc3c(c2)OCO3)c(-c2cn(C)cn2)c1. The van der Waals surface area contributed by atoms with Gasteiger partial charge in [-0.1, -0.05) is 6.07 Å². The van der Waals surface area contributed by atoms with Crippen LogP contribution >= 0.6 is 11.9 Å². The summed E-state index contributed by atoms with van der Waals surface area (Å²) in [7, 11) is 3.89. The number of ether oxygens (including phenoxy) is 2. The highest BCUT2D eigenvalue weighted by Gasteiger charge is 2.14. The van der Waals surface area contributed by atoms with E-state index < -0.39 is 0 Å². The normalized spacial score (nSPS) is 12.4. The largest absolute Gasteiger partial charge is 0.454 e. The highest BCUT2D eigenvalue weighted by molar-refractivity contribution is 7.97. The van der Waals surface area contributed by atoms with E-state index in [0.29, 0.717) is 13.3 Å². The summed E-state index contributed by atoms with van der Waals surface area (Å²) < 4.78 is 15.9. The molecule has 134 valence electrons. The average Bonchev–Trinajstić information content (AvgIpc) is 3.29. The van der Waals surface area contributed by atoms with Gasteiger partial charge in [-0.05, 0) is 54.9 Å². The fourth-order valence-electron chi connectivity index (χ4n) is 2.87. The van der Waals surface area contributed by atoms with Gasteiger partial charge in [0.2, 0.25) is 6.79 Å². The fourth-order valence-corrected chi connectivity index (χ4v) is 3.42. The van der Waals surface area contributed by atoms with Gasteiger partial charge in [0.05, 0.1) is 12.0 Å². The van der Waals surface area contributed by atoms with Crippen LogP contribution in [0.5, 0.6) is 11.5 Å². The Balaban J connectivity index is 1.59. The lowest BCUT2D eigenvalue weighted by molar-refractivity contribution is 0.174. The molecule has 0 unspecified atom stereocenters.